The summed E-state index contributed by atoms with van der Waals surface area (Å²) in [5, 5.41) is 10.7. The molecule has 0 fully saturated rings. The average Bonchev–Trinajstić information content (AvgIpc) is 2.90. The maximum atomic E-state index is 10.1. The Bertz CT molecular complexity index is 704. The molecule has 1 aromatic carbocycles. The van der Waals surface area contributed by atoms with Crippen LogP contribution in [0.4, 0.5) is 0 Å². The van der Waals surface area contributed by atoms with Gasteiger partial charge in [0.15, 0.2) is 5.70 Å². The number of ether oxygens (including phenoxy) is 1. The monoisotopic (exact) mass is 331 g/mol. The van der Waals surface area contributed by atoms with Gasteiger partial charge >= 0.3 is 0 Å². The molecule has 0 bridgehead atoms. The maximum absolute atomic E-state index is 10.1. The maximum Gasteiger partial charge on any atom is 0.237 e. The molecule has 5 heteroatoms. The van der Waals surface area contributed by atoms with E-state index in [2.05, 4.69) is 6.20 Å². The first kappa shape index (κ1) is 16.1. The van der Waals surface area contributed by atoms with Crippen LogP contribution >= 0.6 is 11.6 Å². The van der Waals surface area contributed by atoms with E-state index in [9.17, 15) is 5.11 Å². The zero-order valence-electron chi connectivity index (χ0n) is 13.1. The minimum absolute atomic E-state index is 0.0455. The molecule has 0 radical (unpaired) electrons. The van der Waals surface area contributed by atoms with Crippen LogP contribution in [0.25, 0.3) is 5.70 Å². The predicted octanol–water partition coefficient (Wildman–Crippen LogP) is 3.35. The van der Waals surface area contributed by atoms with E-state index in [0.29, 0.717) is 16.1 Å². The van der Waals surface area contributed by atoms with E-state index in [1.165, 1.54) is 0 Å². The minimum Gasteiger partial charge on any atom is -0.386 e. The SMILES string of the molecule is COCCC[N+]12C=CC=CC1=NC(c1ccc(Cl)cc1)=C2CO. The lowest BCUT2D eigenvalue weighted by molar-refractivity contribution is -0.745. The fourth-order valence-electron chi connectivity index (χ4n) is 3.09. The molecule has 0 aliphatic carbocycles. The molecule has 2 aliphatic rings. The van der Waals surface area contributed by atoms with Crippen molar-refractivity contribution in [3.05, 3.63) is 65.0 Å². The summed E-state index contributed by atoms with van der Waals surface area (Å²) in [6.07, 6.45) is 8.96. The molecule has 120 valence electrons. The Hall–Kier alpha value is -1.72. The number of hydrogen-bond acceptors (Lipinski definition) is 3. The number of aliphatic hydroxyl groups excluding tert-OH is 1. The number of methoxy groups -OCH3 is 1. The second-order valence-corrected chi connectivity index (χ2v) is 6.01. The molecule has 0 saturated heterocycles. The largest absolute Gasteiger partial charge is 0.386 e. The van der Waals surface area contributed by atoms with Crippen molar-refractivity contribution < 1.29 is 14.3 Å². The molecule has 0 saturated carbocycles. The van der Waals surface area contributed by atoms with Gasteiger partial charge < -0.3 is 9.84 Å². The summed E-state index contributed by atoms with van der Waals surface area (Å²) in [7, 11) is 1.70. The summed E-state index contributed by atoms with van der Waals surface area (Å²) >= 11 is 5.98. The number of amidine groups is 1. The van der Waals surface area contributed by atoms with Gasteiger partial charge in [0.25, 0.3) is 0 Å². The van der Waals surface area contributed by atoms with E-state index in [1.54, 1.807) is 7.11 Å². The van der Waals surface area contributed by atoms with Gasteiger partial charge in [-0.15, -0.1) is 0 Å². The highest BCUT2D eigenvalue weighted by Crippen LogP contribution is 2.38. The summed E-state index contributed by atoms with van der Waals surface area (Å²) in [5.41, 5.74) is 2.68. The lowest BCUT2D eigenvalue weighted by atomic mass is 10.1. The molecule has 2 aliphatic heterocycles. The zero-order valence-corrected chi connectivity index (χ0v) is 13.8. The first-order valence-corrected chi connectivity index (χ1v) is 8.01. The normalized spacial score (nSPS) is 22.5. The van der Waals surface area contributed by atoms with Crippen molar-refractivity contribution in [2.45, 2.75) is 6.42 Å². The van der Waals surface area contributed by atoms with Crippen LogP contribution in [0, 0.1) is 0 Å². The number of hydrogen-bond donors (Lipinski definition) is 1. The molecular weight excluding hydrogens is 312 g/mol. The highest BCUT2D eigenvalue weighted by Gasteiger charge is 2.43. The van der Waals surface area contributed by atoms with Crippen molar-refractivity contribution in [3.8, 4) is 0 Å². The van der Waals surface area contributed by atoms with Gasteiger partial charge in [0.2, 0.25) is 5.84 Å². The molecule has 1 aromatic rings. The van der Waals surface area contributed by atoms with E-state index < -0.39 is 0 Å². The van der Waals surface area contributed by atoms with Crippen molar-refractivity contribution in [3.63, 3.8) is 0 Å². The van der Waals surface area contributed by atoms with Crippen LogP contribution < -0.4 is 0 Å². The van der Waals surface area contributed by atoms with Crippen LogP contribution in [0.2, 0.25) is 5.02 Å². The Morgan fingerprint density at radius 3 is 2.70 bits per heavy atom. The molecule has 4 nitrogen and oxygen atoms in total. The predicted molar refractivity (Wildman–Crippen MR) is 92.8 cm³/mol. The summed E-state index contributed by atoms with van der Waals surface area (Å²) in [6, 6.07) is 7.57. The van der Waals surface area contributed by atoms with E-state index in [4.69, 9.17) is 21.3 Å². The lowest BCUT2D eigenvalue weighted by Gasteiger charge is -2.32. The molecule has 23 heavy (non-hydrogen) atoms. The Balaban J connectivity index is 2.05. The molecular formula is C18H20ClN2O2+. The van der Waals surface area contributed by atoms with Crippen molar-refractivity contribution in [2.75, 3.05) is 26.9 Å². The number of benzene rings is 1. The van der Waals surface area contributed by atoms with Crippen molar-refractivity contribution >= 4 is 23.1 Å². The molecule has 0 amide bonds. The lowest BCUT2D eigenvalue weighted by Crippen LogP contribution is -2.47. The van der Waals surface area contributed by atoms with Gasteiger partial charge in [0, 0.05) is 30.2 Å². The Kier molecular flexibility index (Phi) is 4.78. The topological polar surface area (TPSA) is 41.8 Å². The van der Waals surface area contributed by atoms with E-state index in [-0.39, 0.29) is 6.61 Å². The van der Waals surface area contributed by atoms with Crippen LogP contribution in [-0.4, -0.2) is 42.3 Å². The summed E-state index contributed by atoms with van der Waals surface area (Å²) < 4.78 is 5.65. The van der Waals surface area contributed by atoms with Crippen LogP contribution in [0.3, 0.4) is 0 Å². The standard InChI is InChI=1S/C18H20ClN2O2/c1-23-12-4-11-21-10-3-2-5-17(21)20-18(16(21)13-22)14-6-8-15(19)9-7-14/h2-3,5-10,22H,4,11-13H2,1H3/q+1. The number of quaternary nitrogens is 1. The number of nitrogens with zero attached hydrogens (tertiary/aromatic N) is 2. The molecule has 3 rings (SSSR count). The van der Waals surface area contributed by atoms with Crippen LogP contribution in [0.15, 0.2) is 59.4 Å². The smallest absolute Gasteiger partial charge is 0.237 e. The number of aliphatic hydroxyl groups is 1. The average molecular weight is 332 g/mol. The van der Waals surface area contributed by atoms with Gasteiger partial charge in [-0.05, 0) is 24.3 Å². The van der Waals surface area contributed by atoms with Gasteiger partial charge in [-0.2, -0.15) is 4.99 Å². The molecule has 2 heterocycles. The second kappa shape index (κ2) is 6.81. The molecule has 1 unspecified atom stereocenters. The van der Waals surface area contributed by atoms with Crippen molar-refractivity contribution in [1.29, 1.82) is 0 Å². The van der Waals surface area contributed by atoms with Gasteiger partial charge in [0.05, 0.1) is 13.2 Å². The molecule has 0 aromatic heterocycles. The number of fused-ring (bicyclic) bond motifs is 1. The highest BCUT2D eigenvalue weighted by atomic mass is 35.5. The van der Waals surface area contributed by atoms with Gasteiger partial charge in [-0.25, -0.2) is 4.48 Å². The fraction of sp³-hybridized carbons (Fsp3) is 0.278. The van der Waals surface area contributed by atoms with E-state index in [1.807, 2.05) is 42.5 Å². The third-order valence-corrected chi connectivity index (χ3v) is 4.47. The summed E-state index contributed by atoms with van der Waals surface area (Å²) in [4.78, 5) is 4.80. The fourth-order valence-corrected chi connectivity index (χ4v) is 3.22. The number of halogens is 1. The third kappa shape index (κ3) is 2.91. The van der Waals surface area contributed by atoms with Gasteiger partial charge in [-0.3, -0.25) is 0 Å². The Morgan fingerprint density at radius 2 is 2.00 bits per heavy atom. The van der Waals surface area contributed by atoms with E-state index >= 15 is 0 Å². The van der Waals surface area contributed by atoms with Crippen LogP contribution in [-0.2, 0) is 4.74 Å². The molecule has 1 atom stereocenters. The minimum atomic E-state index is -0.0455. The number of allylic oxidation sites excluding steroid dienone is 2. The Labute approximate surface area is 141 Å². The number of rotatable bonds is 6. The molecule has 1 N–H and O–H groups in total. The quantitative estimate of drug-likeness (QED) is 0.641. The molecule has 0 spiro atoms. The van der Waals surface area contributed by atoms with Crippen molar-refractivity contribution in [1.82, 2.24) is 0 Å². The van der Waals surface area contributed by atoms with Gasteiger partial charge in [0.1, 0.15) is 18.5 Å². The highest BCUT2D eigenvalue weighted by molar-refractivity contribution is 6.30. The zero-order chi connectivity index (χ0) is 16.3. The number of aliphatic imine (C=N–C) groups is 1. The summed E-state index contributed by atoms with van der Waals surface area (Å²) in [6.45, 7) is 1.44. The van der Waals surface area contributed by atoms with Crippen LogP contribution in [0.1, 0.15) is 12.0 Å². The first-order chi connectivity index (χ1) is 11.2. The third-order valence-electron chi connectivity index (χ3n) is 4.21. The Morgan fingerprint density at radius 1 is 1.22 bits per heavy atom. The van der Waals surface area contributed by atoms with Crippen molar-refractivity contribution in [2.24, 2.45) is 4.99 Å². The summed E-state index contributed by atoms with van der Waals surface area (Å²) in [5.74, 6) is 0.928. The first-order valence-electron chi connectivity index (χ1n) is 7.63. The van der Waals surface area contributed by atoms with E-state index in [0.717, 1.165) is 35.8 Å². The van der Waals surface area contributed by atoms with Gasteiger partial charge in [-0.1, -0.05) is 23.7 Å². The second-order valence-electron chi connectivity index (χ2n) is 5.57. The van der Waals surface area contributed by atoms with Crippen LogP contribution in [0.5, 0.6) is 0 Å².